The lowest BCUT2D eigenvalue weighted by Crippen LogP contribution is -2.55. The van der Waals surface area contributed by atoms with Gasteiger partial charge in [-0.15, -0.1) is 0 Å². The number of hydrogen-bond acceptors (Lipinski definition) is 4. The van der Waals surface area contributed by atoms with Gasteiger partial charge in [0.1, 0.15) is 12.2 Å². The molecule has 24 heavy (non-hydrogen) atoms. The third-order valence-corrected chi connectivity index (χ3v) is 6.33. The Bertz CT molecular complexity index is 597. The molecule has 4 heteroatoms. The standard InChI is InChI=1S/C20H30O4/c1-7-12(4)19(23)24-16-9-8-15-18(22)17(21)14(11(2)3)10-20(15,6)13(16)5/h7,13,15-16,18,22H,8-10H2,1-6H3/b12-7-/t13-,15+,16+,18-,20+/m0/s1. The minimum absolute atomic E-state index is 0.0686. The van der Waals surface area contributed by atoms with Crippen molar-refractivity contribution in [3.63, 3.8) is 0 Å². The number of ether oxygens (including phenoxy) is 1. The molecule has 0 amide bonds. The van der Waals surface area contributed by atoms with E-state index in [4.69, 9.17) is 4.74 Å². The lowest BCUT2D eigenvalue weighted by molar-refractivity contribution is -0.165. The van der Waals surface area contributed by atoms with Gasteiger partial charge in [0.25, 0.3) is 0 Å². The van der Waals surface area contributed by atoms with Gasteiger partial charge in [-0.2, -0.15) is 0 Å². The first-order valence-corrected chi connectivity index (χ1v) is 8.86. The van der Waals surface area contributed by atoms with Gasteiger partial charge >= 0.3 is 5.97 Å². The predicted octanol–water partition coefficient (Wildman–Crippen LogP) is 3.59. The van der Waals surface area contributed by atoms with Crippen LogP contribution in [-0.4, -0.2) is 29.1 Å². The molecule has 134 valence electrons. The predicted molar refractivity (Wildman–Crippen MR) is 93.3 cm³/mol. The Balaban J connectivity index is 2.29. The van der Waals surface area contributed by atoms with Crippen molar-refractivity contribution in [2.24, 2.45) is 17.3 Å². The fourth-order valence-corrected chi connectivity index (χ4v) is 4.26. The van der Waals surface area contributed by atoms with Crippen molar-refractivity contribution in [3.05, 3.63) is 22.8 Å². The van der Waals surface area contributed by atoms with E-state index in [2.05, 4.69) is 13.8 Å². The van der Waals surface area contributed by atoms with Gasteiger partial charge in [0.15, 0.2) is 5.78 Å². The molecule has 4 nitrogen and oxygen atoms in total. The van der Waals surface area contributed by atoms with Crippen LogP contribution in [0.5, 0.6) is 0 Å². The van der Waals surface area contributed by atoms with Gasteiger partial charge in [-0.05, 0) is 69.8 Å². The summed E-state index contributed by atoms with van der Waals surface area (Å²) in [6.45, 7) is 11.6. The summed E-state index contributed by atoms with van der Waals surface area (Å²) < 4.78 is 5.74. The fraction of sp³-hybridized carbons (Fsp3) is 0.700. The summed E-state index contributed by atoms with van der Waals surface area (Å²) >= 11 is 0. The third-order valence-electron chi connectivity index (χ3n) is 6.33. The highest BCUT2D eigenvalue weighted by Crippen LogP contribution is 2.54. The number of fused-ring (bicyclic) bond motifs is 1. The molecular formula is C20H30O4. The SMILES string of the molecule is C/C=C(/C)C(=O)O[C@@H]1CC[C@@H]2[C@H](O)C(=O)C(=C(C)C)C[C@]2(C)[C@H]1C. The van der Waals surface area contributed by atoms with Crippen LogP contribution in [0, 0.1) is 17.3 Å². The van der Waals surface area contributed by atoms with E-state index in [1.165, 1.54) is 0 Å². The van der Waals surface area contributed by atoms with E-state index < -0.39 is 6.10 Å². The highest BCUT2D eigenvalue weighted by molar-refractivity contribution is 6.00. The smallest absolute Gasteiger partial charge is 0.333 e. The molecule has 0 unspecified atom stereocenters. The van der Waals surface area contributed by atoms with Crippen molar-refractivity contribution >= 4 is 11.8 Å². The van der Waals surface area contributed by atoms with E-state index in [9.17, 15) is 14.7 Å². The molecule has 2 fully saturated rings. The van der Waals surface area contributed by atoms with Crippen molar-refractivity contribution in [1.82, 2.24) is 0 Å². The number of carbonyl (C=O) groups is 2. The Morgan fingerprint density at radius 3 is 2.46 bits per heavy atom. The number of hydrogen-bond donors (Lipinski definition) is 1. The third kappa shape index (κ3) is 3.08. The zero-order chi connectivity index (χ0) is 18.2. The largest absolute Gasteiger partial charge is 0.459 e. The van der Waals surface area contributed by atoms with Crippen LogP contribution in [0.25, 0.3) is 0 Å². The fourth-order valence-electron chi connectivity index (χ4n) is 4.26. The maximum Gasteiger partial charge on any atom is 0.333 e. The Hall–Kier alpha value is -1.42. The molecule has 2 aliphatic carbocycles. The second-order valence-corrected chi connectivity index (χ2v) is 7.86. The first-order valence-electron chi connectivity index (χ1n) is 8.86. The van der Waals surface area contributed by atoms with Crippen LogP contribution in [0.15, 0.2) is 22.8 Å². The monoisotopic (exact) mass is 334 g/mol. The average Bonchev–Trinajstić information content (AvgIpc) is 2.54. The van der Waals surface area contributed by atoms with Crippen LogP contribution in [0.4, 0.5) is 0 Å². The molecular weight excluding hydrogens is 304 g/mol. The molecule has 1 N–H and O–H groups in total. The van der Waals surface area contributed by atoms with Gasteiger partial charge < -0.3 is 9.84 Å². The summed E-state index contributed by atoms with van der Waals surface area (Å²) in [5.74, 6) is -0.376. The molecule has 2 saturated carbocycles. The molecule has 0 aromatic carbocycles. The van der Waals surface area contributed by atoms with Gasteiger partial charge in [0.2, 0.25) is 0 Å². The number of aliphatic hydroxyl groups is 1. The number of rotatable bonds is 2. The maximum atomic E-state index is 12.5. The molecule has 2 aliphatic rings. The zero-order valence-electron chi connectivity index (χ0n) is 15.7. The van der Waals surface area contributed by atoms with Crippen LogP contribution < -0.4 is 0 Å². The van der Waals surface area contributed by atoms with E-state index in [-0.39, 0.29) is 35.1 Å². The number of allylic oxidation sites excluding steroid dienone is 2. The lowest BCUT2D eigenvalue weighted by atomic mass is 9.53. The minimum atomic E-state index is -0.940. The van der Waals surface area contributed by atoms with Crippen LogP contribution in [0.1, 0.15) is 60.8 Å². The van der Waals surface area contributed by atoms with Crippen LogP contribution in [0.2, 0.25) is 0 Å². The Morgan fingerprint density at radius 1 is 1.29 bits per heavy atom. The molecule has 0 radical (unpaired) electrons. The summed E-state index contributed by atoms with van der Waals surface area (Å²) in [6.07, 6.45) is 2.69. The molecule has 5 atom stereocenters. The highest BCUT2D eigenvalue weighted by Gasteiger charge is 2.55. The quantitative estimate of drug-likeness (QED) is 0.619. The molecule has 0 aromatic heterocycles. The Labute approximate surface area is 145 Å². The van der Waals surface area contributed by atoms with Gasteiger partial charge in [0, 0.05) is 5.57 Å². The number of ketones is 1. The van der Waals surface area contributed by atoms with Crippen LogP contribution in [-0.2, 0) is 14.3 Å². The van der Waals surface area contributed by atoms with Crippen molar-refractivity contribution in [2.75, 3.05) is 0 Å². The summed E-state index contributed by atoms with van der Waals surface area (Å²) in [5.41, 5.74) is 2.07. The first kappa shape index (κ1) is 18.9. The molecule has 2 rings (SSSR count). The van der Waals surface area contributed by atoms with Crippen molar-refractivity contribution in [2.45, 2.75) is 73.0 Å². The van der Waals surface area contributed by atoms with Crippen LogP contribution >= 0.6 is 0 Å². The van der Waals surface area contributed by atoms with E-state index in [1.807, 2.05) is 20.8 Å². The summed E-state index contributed by atoms with van der Waals surface area (Å²) in [7, 11) is 0. The van der Waals surface area contributed by atoms with Gasteiger partial charge in [-0.25, -0.2) is 4.79 Å². The Kier molecular flexibility index (Phi) is 5.38. The maximum absolute atomic E-state index is 12.5. The average molecular weight is 334 g/mol. The van der Waals surface area contributed by atoms with Crippen molar-refractivity contribution in [1.29, 1.82) is 0 Å². The van der Waals surface area contributed by atoms with Crippen molar-refractivity contribution < 1.29 is 19.4 Å². The molecule has 0 heterocycles. The van der Waals surface area contributed by atoms with E-state index >= 15 is 0 Å². The molecule has 0 bridgehead atoms. The second kappa shape index (κ2) is 6.83. The van der Waals surface area contributed by atoms with Crippen LogP contribution in [0.3, 0.4) is 0 Å². The van der Waals surface area contributed by atoms with Gasteiger partial charge in [-0.1, -0.05) is 25.5 Å². The summed E-state index contributed by atoms with van der Waals surface area (Å²) in [6, 6.07) is 0. The molecule has 0 aromatic rings. The summed E-state index contributed by atoms with van der Waals surface area (Å²) in [5, 5.41) is 10.6. The topological polar surface area (TPSA) is 63.6 Å². The van der Waals surface area contributed by atoms with Gasteiger partial charge in [-0.3, -0.25) is 4.79 Å². The van der Waals surface area contributed by atoms with Crippen molar-refractivity contribution in [3.8, 4) is 0 Å². The molecule has 0 saturated heterocycles. The molecule has 0 aliphatic heterocycles. The van der Waals surface area contributed by atoms with E-state index in [1.54, 1.807) is 13.0 Å². The van der Waals surface area contributed by atoms with E-state index in [0.29, 0.717) is 24.8 Å². The highest BCUT2D eigenvalue weighted by atomic mass is 16.5. The lowest BCUT2D eigenvalue weighted by Gasteiger charge is -2.53. The minimum Gasteiger partial charge on any atom is -0.459 e. The second-order valence-electron chi connectivity index (χ2n) is 7.86. The Morgan fingerprint density at radius 2 is 1.92 bits per heavy atom. The van der Waals surface area contributed by atoms with Gasteiger partial charge in [0.05, 0.1) is 0 Å². The zero-order valence-corrected chi connectivity index (χ0v) is 15.7. The number of esters is 1. The summed E-state index contributed by atoms with van der Waals surface area (Å²) in [4.78, 5) is 24.6. The number of aliphatic hydroxyl groups excluding tert-OH is 1. The number of Topliss-reactive ketones (excluding diaryl/α,β-unsaturated/α-hetero) is 1. The first-order chi connectivity index (χ1) is 11.1. The number of carbonyl (C=O) groups excluding carboxylic acids is 2. The van der Waals surface area contributed by atoms with E-state index in [0.717, 1.165) is 11.1 Å². The normalized spacial score (nSPS) is 37.0. The molecule has 0 spiro atoms.